The Morgan fingerprint density at radius 2 is 1.75 bits per heavy atom. The average Bonchev–Trinajstić information content (AvgIpc) is 3.26. The second kappa shape index (κ2) is 12.0. The van der Waals surface area contributed by atoms with Crippen LogP contribution in [0.4, 0.5) is 17.3 Å². The van der Waals surface area contributed by atoms with Crippen LogP contribution in [0.15, 0.2) is 59.9 Å². The van der Waals surface area contributed by atoms with Gasteiger partial charge in [0.1, 0.15) is 28.5 Å². The third kappa shape index (κ3) is 5.60. The number of anilines is 3. The lowest BCUT2D eigenvalue weighted by molar-refractivity contribution is 0.102. The van der Waals surface area contributed by atoms with Crippen LogP contribution in [0.3, 0.4) is 0 Å². The fraction of sp³-hybridized carbons (Fsp3) is 0.207. The number of nitrogen functional groups attached to an aromatic ring is 1. The smallest absolute Gasteiger partial charge is 0.284 e. The Morgan fingerprint density at radius 1 is 0.977 bits per heavy atom. The van der Waals surface area contributed by atoms with E-state index in [4.69, 9.17) is 38.7 Å². The van der Waals surface area contributed by atoms with E-state index >= 15 is 0 Å². The minimum Gasteiger partial charge on any atom is -0.382 e. The molecule has 3 N–H and O–H groups in total. The molecule has 0 spiro atoms. The minimum absolute atomic E-state index is 0.0455. The summed E-state index contributed by atoms with van der Waals surface area (Å²) >= 11 is 12.5. The van der Waals surface area contributed by atoms with Gasteiger partial charge >= 0.3 is 0 Å². The first-order chi connectivity index (χ1) is 21.2. The molecule has 224 valence electrons. The summed E-state index contributed by atoms with van der Waals surface area (Å²) in [5, 5.41) is 3.45. The summed E-state index contributed by atoms with van der Waals surface area (Å²) in [7, 11) is 1.66. The van der Waals surface area contributed by atoms with Crippen LogP contribution in [-0.2, 0) is 11.8 Å². The molecule has 0 bridgehead atoms. The van der Waals surface area contributed by atoms with Crippen LogP contribution in [0.2, 0.25) is 10.0 Å². The molecule has 0 aliphatic carbocycles. The van der Waals surface area contributed by atoms with Crippen molar-refractivity contribution < 1.29 is 9.53 Å². The highest BCUT2D eigenvalue weighted by molar-refractivity contribution is 6.34. The molecular weight excluding hydrogens is 607 g/mol. The Labute approximate surface area is 261 Å². The van der Waals surface area contributed by atoms with Gasteiger partial charge in [0.05, 0.1) is 65.8 Å². The molecule has 1 aliphatic heterocycles. The number of aromatic nitrogens is 7. The van der Waals surface area contributed by atoms with E-state index in [1.54, 1.807) is 61.4 Å². The van der Waals surface area contributed by atoms with E-state index in [1.165, 1.54) is 17.1 Å². The Bertz CT molecular complexity index is 1940. The van der Waals surface area contributed by atoms with Gasteiger partial charge in [-0.1, -0.05) is 23.2 Å². The molecule has 0 atom stereocenters. The molecule has 0 radical (unpaired) electrons. The largest absolute Gasteiger partial charge is 0.382 e. The molecule has 1 aliphatic rings. The molecule has 4 aromatic heterocycles. The first-order valence-electron chi connectivity index (χ1n) is 13.5. The molecule has 5 aromatic rings. The Hall–Kier alpha value is -4.85. The van der Waals surface area contributed by atoms with Gasteiger partial charge in [0.25, 0.3) is 11.5 Å². The number of hydrogen-bond donors (Lipinski definition) is 2. The highest BCUT2D eigenvalue weighted by atomic mass is 35.5. The maximum Gasteiger partial charge on any atom is 0.284 e. The first-order valence-corrected chi connectivity index (χ1v) is 14.3. The van der Waals surface area contributed by atoms with Crippen molar-refractivity contribution in [1.82, 2.24) is 34.3 Å². The van der Waals surface area contributed by atoms with Crippen molar-refractivity contribution in [3.8, 4) is 28.5 Å². The number of carbonyl (C=O) groups is 1. The monoisotopic (exact) mass is 632 g/mol. The van der Waals surface area contributed by atoms with Crippen molar-refractivity contribution in [2.24, 2.45) is 7.05 Å². The number of nitrogens with one attached hydrogen (secondary N) is 1. The molecule has 1 saturated heterocycles. The molecule has 15 heteroatoms. The van der Waals surface area contributed by atoms with Crippen molar-refractivity contribution in [2.75, 3.05) is 42.3 Å². The van der Waals surface area contributed by atoms with Crippen molar-refractivity contribution >= 4 is 46.4 Å². The van der Waals surface area contributed by atoms with Crippen molar-refractivity contribution in [3.63, 3.8) is 0 Å². The molecule has 44 heavy (non-hydrogen) atoms. The van der Waals surface area contributed by atoms with Crippen LogP contribution in [0.5, 0.6) is 0 Å². The number of pyridine rings is 1. The van der Waals surface area contributed by atoms with Gasteiger partial charge in [-0.25, -0.2) is 19.6 Å². The molecular formula is C29H26Cl2N10O3. The van der Waals surface area contributed by atoms with Gasteiger partial charge in [0.2, 0.25) is 0 Å². The standard InChI is InChI=1S/C29H26Cl2N10O3/c1-16-25(29(43)41(39(16)2)23-11-17(30)3-5-19(23)31)28(42)36-18-4-6-20(34-12-18)26-27(32)35-14-22(38-26)21-13-33-15-24(37-21)40-7-9-44-10-8-40/h3-6,11-15H,7-10H2,1-2H3,(H2,32,35)(H,36,42). The zero-order valence-electron chi connectivity index (χ0n) is 23.7. The van der Waals surface area contributed by atoms with Gasteiger partial charge in [-0.15, -0.1) is 0 Å². The van der Waals surface area contributed by atoms with Gasteiger partial charge in [-0.2, -0.15) is 0 Å². The van der Waals surface area contributed by atoms with E-state index in [0.29, 0.717) is 63.1 Å². The van der Waals surface area contributed by atoms with Crippen LogP contribution in [0, 0.1) is 6.92 Å². The number of rotatable bonds is 6. The average molecular weight is 634 g/mol. The van der Waals surface area contributed by atoms with Crippen LogP contribution in [-0.4, -0.2) is 66.5 Å². The predicted octanol–water partition coefficient (Wildman–Crippen LogP) is 3.77. The summed E-state index contributed by atoms with van der Waals surface area (Å²) in [6.45, 7) is 4.36. The SMILES string of the molecule is Cc1c(C(=O)Nc2ccc(-c3nc(-c4cncc(N5CCOCC5)n4)cnc3N)nc2)c(=O)n(-c2cc(Cl)ccc2Cl)n1C. The fourth-order valence-electron chi connectivity index (χ4n) is 4.82. The molecule has 0 saturated carbocycles. The number of carbonyl (C=O) groups excluding carboxylic acids is 1. The van der Waals surface area contributed by atoms with Gasteiger partial charge in [0.15, 0.2) is 5.82 Å². The maximum atomic E-state index is 13.4. The third-order valence-corrected chi connectivity index (χ3v) is 7.76. The van der Waals surface area contributed by atoms with Crippen molar-refractivity contribution in [2.45, 2.75) is 6.92 Å². The Morgan fingerprint density at radius 3 is 2.50 bits per heavy atom. The van der Waals surface area contributed by atoms with E-state index in [0.717, 1.165) is 18.9 Å². The van der Waals surface area contributed by atoms with Crippen LogP contribution in [0.1, 0.15) is 16.1 Å². The maximum absolute atomic E-state index is 13.4. The number of nitrogens with two attached hydrogens (primary N) is 1. The van der Waals surface area contributed by atoms with Gasteiger partial charge in [0, 0.05) is 25.2 Å². The van der Waals surface area contributed by atoms with E-state index in [1.807, 2.05) is 0 Å². The molecule has 1 aromatic carbocycles. The topological polar surface area (TPSA) is 159 Å². The number of benzene rings is 1. The number of hydrogen-bond acceptors (Lipinski definition) is 10. The van der Waals surface area contributed by atoms with E-state index in [9.17, 15) is 9.59 Å². The molecule has 13 nitrogen and oxygen atoms in total. The zero-order valence-corrected chi connectivity index (χ0v) is 25.2. The number of morpholine rings is 1. The Kier molecular flexibility index (Phi) is 7.99. The lowest BCUT2D eigenvalue weighted by Crippen LogP contribution is -2.36. The summed E-state index contributed by atoms with van der Waals surface area (Å²) in [6, 6.07) is 8.05. The highest BCUT2D eigenvalue weighted by Gasteiger charge is 2.24. The van der Waals surface area contributed by atoms with E-state index in [-0.39, 0.29) is 11.4 Å². The van der Waals surface area contributed by atoms with E-state index in [2.05, 4.69) is 30.2 Å². The van der Waals surface area contributed by atoms with Crippen LogP contribution in [0.25, 0.3) is 28.5 Å². The second-order valence-electron chi connectivity index (χ2n) is 9.93. The lowest BCUT2D eigenvalue weighted by atomic mass is 10.2. The quantitative estimate of drug-likeness (QED) is 0.282. The minimum atomic E-state index is -0.602. The summed E-state index contributed by atoms with van der Waals surface area (Å²) in [5.41, 5.74) is 8.52. The van der Waals surface area contributed by atoms with Gasteiger partial charge < -0.3 is 20.7 Å². The van der Waals surface area contributed by atoms with E-state index < -0.39 is 11.5 Å². The second-order valence-corrected chi connectivity index (χ2v) is 10.8. The lowest BCUT2D eigenvalue weighted by Gasteiger charge is -2.27. The number of halogens is 2. The summed E-state index contributed by atoms with van der Waals surface area (Å²) in [5.74, 6) is 0.297. The zero-order chi connectivity index (χ0) is 31.0. The molecule has 1 fully saturated rings. The fourth-order valence-corrected chi connectivity index (χ4v) is 5.19. The van der Waals surface area contributed by atoms with Crippen LogP contribution < -0.4 is 21.5 Å². The summed E-state index contributed by atoms with van der Waals surface area (Å²) in [6.07, 6.45) is 6.30. The number of ether oxygens (including phenoxy) is 1. The highest BCUT2D eigenvalue weighted by Crippen LogP contribution is 2.27. The molecule has 6 rings (SSSR count). The normalized spacial score (nSPS) is 13.2. The summed E-state index contributed by atoms with van der Waals surface area (Å²) in [4.78, 5) is 51.2. The predicted molar refractivity (Wildman–Crippen MR) is 167 cm³/mol. The third-order valence-electron chi connectivity index (χ3n) is 7.20. The summed E-state index contributed by atoms with van der Waals surface area (Å²) < 4.78 is 8.27. The molecule has 0 unspecified atom stereocenters. The van der Waals surface area contributed by atoms with Crippen molar-refractivity contribution in [3.05, 3.63) is 86.8 Å². The van der Waals surface area contributed by atoms with Gasteiger partial charge in [-0.05, 0) is 37.3 Å². The number of nitrogens with zero attached hydrogens (tertiary/aromatic N) is 8. The first kappa shape index (κ1) is 29.2. The van der Waals surface area contributed by atoms with Gasteiger partial charge in [-0.3, -0.25) is 24.2 Å². The van der Waals surface area contributed by atoms with Crippen LogP contribution >= 0.6 is 23.2 Å². The molecule has 1 amide bonds. The molecule has 5 heterocycles. The van der Waals surface area contributed by atoms with Crippen molar-refractivity contribution in [1.29, 1.82) is 0 Å². The number of amides is 1. The Balaban J connectivity index is 1.24.